The molecule has 4 aromatic rings. The molecule has 0 atom stereocenters. The molecule has 25 heavy (non-hydrogen) atoms. The van der Waals surface area contributed by atoms with E-state index >= 15 is 0 Å². The summed E-state index contributed by atoms with van der Waals surface area (Å²) in [7, 11) is 0. The van der Waals surface area contributed by atoms with Crippen LogP contribution in [0.1, 0.15) is 26.4 Å². The van der Waals surface area contributed by atoms with E-state index in [1.807, 2.05) is 18.3 Å². The van der Waals surface area contributed by atoms with E-state index in [-0.39, 0.29) is 5.91 Å². The molecule has 0 spiro atoms. The number of nitrogens with one attached hydrogen (secondary N) is 1. The van der Waals surface area contributed by atoms with Crippen LogP contribution in [0.4, 0.5) is 5.13 Å². The van der Waals surface area contributed by atoms with E-state index in [9.17, 15) is 4.79 Å². The van der Waals surface area contributed by atoms with Crippen molar-refractivity contribution in [3.8, 4) is 0 Å². The quantitative estimate of drug-likeness (QED) is 0.613. The van der Waals surface area contributed by atoms with E-state index in [2.05, 4.69) is 39.6 Å². The summed E-state index contributed by atoms with van der Waals surface area (Å²) in [6.45, 7) is 2.10. The van der Waals surface area contributed by atoms with Gasteiger partial charge in [-0.3, -0.25) is 14.5 Å². The number of carbonyl (C=O) groups excluding carboxylic acids is 1. The fourth-order valence-corrected chi connectivity index (χ4v) is 3.40. The SMILES string of the molecule is Cc1ccccc1Cc1cnc(NC(=O)c2ccc3nncn3c2)s1. The predicted octanol–water partition coefficient (Wildman–Crippen LogP) is 3.34. The van der Waals surface area contributed by atoms with Gasteiger partial charge in [0.1, 0.15) is 6.33 Å². The maximum Gasteiger partial charge on any atom is 0.258 e. The zero-order chi connectivity index (χ0) is 17.2. The number of rotatable bonds is 4. The fraction of sp³-hybridized carbons (Fsp3) is 0.111. The Hall–Kier alpha value is -3.06. The Balaban J connectivity index is 1.48. The van der Waals surface area contributed by atoms with Crippen molar-refractivity contribution in [2.24, 2.45) is 0 Å². The molecule has 0 saturated carbocycles. The molecular formula is C18H15N5OS. The number of nitrogens with zero attached hydrogens (tertiary/aromatic N) is 4. The molecule has 0 fully saturated rings. The van der Waals surface area contributed by atoms with Crippen LogP contribution in [-0.2, 0) is 6.42 Å². The zero-order valence-electron chi connectivity index (χ0n) is 13.5. The van der Waals surface area contributed by atoms with E-state index in [0.29, 0.717) is 16.3 Å². The van der Waals surface area contributed by atoms with Gasteiger partial charge in [-0.2, -0.15) is 0 Å². The molecular weight excluding hydrogens is 334 g/mol. The van der Waals surface area contributed by atoms with Crippen molar-refractivity contribution in [2.45, 2.75) is 13.3 Å². The normalized spacial score (nSPS) is 10.9. The summed E-state index contributed by atoms with van der Waals surface area (Å²) in [5, 5.41) is 11.2. The third kappa shape index (κ3) is 3.27. The molecule has 6 nitrogen and oxygen atoms in total. The van der Waals surface area contributed by atoms with Crippen LogP contribution < -0.4 is 5.32 Å². The molecule has 0 saturated heterocycles. The number of aromatic nitrogens is 4. The molecule has 0 unspecified atom stereocenters. The summed E-state index contributed by atoms with van der Waals surface area (Å²) in [6.07, 6.45) is 5.89. The first-order valence-corrected chi connectivity index (χ1v) is 8.60. The first-order valence-electron chi connectivity index (χ1n) is 7.79. The minimum atomic E-state index is -0.201. The van der Waals surface area contributed by atoms with Gasteiger partial charge < -0.3 is 0 Å². The van der Waals surface area contributed by atoms with E-state index in [0.717, 1.165) is 11.3 Å². The lowest BCUT2D eigenvalue weighted by Crippen LogP contribution is -2.12. The topological polar surface area (TPSA) is 72.2 Å². The highest BCUT2D eigenvalue weighted by atomic mass is 32.1. The zero-order valence-corrected chi connectivity index (χ0v) is 14.3. The van der Waals surface area contributed by atoms with Gasteiger partial charge in [-0.15, -0.1) is 21.5 Å². The summed E-state index contributed by atoms with van der Waals surface area (Å²) in [4.78, 5) is 17.8. The monoisotopic (exact) mass is 349 g/mol. The number of anilines is 1. The number of amides is 1. The second-order valence-electron chi connectivity index (χ2n) is 5.70. The van der Waals surface area contributed by atoms with E-state index in [1.165, 1.54) is 22.5 Å². The van der Waals surface area contributed by atoms with Crippen molar-refractivity contribution in [1.29, 1.82) is 0 Å². The number of fused-ring (bicyclic) bond motifs is 1. The molecule has 1 aromatic carbocycles. The van der Waals surface area contributed by atoms with Gasteiger partial charge >= 0.3 is 0 Å². The summed E-state index contributed by atoms with van der Waals surface area (Å²) in [5.74, 6) is -0.201. The van der Waals surface area contributed by atoms with Crippen LogP contribution >= 0.6 is 11.3 Å². The highest BCUT2D eigenvalue weighted by molar-refractivity contribution is 7.15. The van der Waals surface area contributed by atoms with Gasteiger partial charge in [0.05, 0.1) is 5.56 Å². The molecule has 0 aliphatic rings. The molecule has 0 bridgehead atoms. The predicted molar refractivity (Wildman–Crippen MR) is 97.0 cm³/mol. The van der Waals surface area contributed by atoms with E-state index in [1.54, 1.807) is 29.1 Å². The minimum absolute atomic E-state index is 0.201. The molecule has 0 aliphatic heterocycles. The Kier molecular flexibility index (Phi) is 3.99. The molecule has 0 radical (unpaired) electrons. The van der Waals surface area contributed by atoms with Crippen LogP contribution in [0.3, 0.4) is 0 Å². The minimum Gasteiger partial charge on any atom is -0.298 e. The Morgan fingerprint density at radius 1 is 1.24 bits per heavy atom. The number of pyridine rings is 1. The first-order chi connectivity index (χ1) is 12.2. The fourth-order valence-electron chi connectivity index (χ4n) is 2.57. The second kappa shape index (κ2) is 6.45. The Morgan fingerprint density at radius 3 is 3.00 bits per heavy atom. The van der Waals surface area contributed by atoms with Crippen molar-refractivity contribution in [2.75, 3.05) is 5.32 Å². The van der Waals surface area contributed by atoms with Gasteiger partial charge in [0.2, 0.25) is 0 Å². The van der Waals surface area contributed by atoms with Crippen molar-refractivity contribution in [3.05, 3.63) is 76.7 Å². The Labute approximate surface area is 148 Å². The van der Waals surface area contributed by atoms with Crippen LogP contribution in [0.15, 0.2) is 55.1 Å². The number of benzene rings is 1. The van der Waals surface area contributed by atoms with Crippen LogP contribution in [-0.4, -0.2) is 25.5 Å². The third-order valence-electron chi connectivity index (χ3n) is 3.95. The molecule has 124 valence electrons. The van der Waals surface area contributed by atoms with Gasteiger partial charge in [0, 0.05) is 23.7 Å². The summed E-state index contributed by atoms with van der Waals surface area (Å²) >= 11 is 1.49. The highest BCUT2D eigenvalue weighted by Gasteiger charge is 2.11. The van der Waals surface area contributed by atoms with Crippen molar-refractivity contribution < 1.29 is 4.79 Å². The summed E-state index contributed by atoms with van der Waals surface area (Å²) < 4.78 is 1.71. The number of hydrogen-bond donors (Lipinski definition) is 1. The van der Waals surface area contributed by atoms with Crippen molar-refractivity contribution in [3.63, 3.8) is 0 Å². The number of hydrogen-bond acceptors (Lipinski definition) is 5. The average molecular weight is 349 g/mol. The lowest BCUT2D eigenvalue weighted by molar-refractivity contribution is 0.102. The van der Waals surface area contributed by atoms with E-state index in [4.69, 9.17) is 0 Å². The standard InChI is InChI=1S/C18H15N5OS/c1-12-4-2-3-5-13(12)8-15-9-19-18(25-15)21-17(24)14-6-7-16-22-20-11-23(16)10-14/h2-7,9-11H,8H2,1H3,(H,19,21,24). The van der Waals surface area contributed by atoms with Crippen LogP contribution in [0.5, 0.6) is 0 Å². The molecule has 0 aliphatic carbocycles. The molecule has 1 amide bonds. The maximum absolute atomic E-state index is 12.4. The average Bonchev–Trinajstić information content (AvgIpc) is 3.25. The van der Waals surface area contributed by atoms with E-state index < -0.39 is 0 Å². The van der Waals surface area contributed by atoms with Gasteiger partial charge in [0.25, 0.3) is 5.91 Å². The molecule has 3 aromatic heterocycles. The van der Waals surface area contributed by atoms with Crippen molar-refractivity contribution >= 4 is 28.0 Å². The number of aryl methyl sites for hydroxylation is 1. The first kappa shape index (κ1) is 15.5. The molecule has 4 rings (SSSR count). The lowest BCUT2D eigenvalue weighted by atomic mass is 10.1. The van der Waals surface area contributed by atoms with Gasteiger partial charge in [-0.05, 0) is 30.2 Å². The largest absolute Gasteiger partial charge is 0.298 e. The highest BCUT2D eigenvalue weighted by Crippen LogP contribution is 2.23. The molecule has 3 heterocycles. The van der Waals surface area contributed by atoms with Crippen molar-refractivity contribution in [1.82, 2.24) is 19.6 Å². The number of thiazole rings is 1. The van der Waals surface area contributed by atoms with Gasteiger partial charge in [0.15, 0.2) is 10.8 Å². The van der Waals surface area contributed by atoms with Crippen LogP contribution in [0.25, 0.3) is 5.65 Å². The smallest absolute Gasteiger partial charge is 0.258 e. The summed E-state index contributed by atoms with van der Waals surface area (Å²) in [5.41, 5.74) is 3.75. The maximum atomic E-state index is 12.4. The molecule has 1 N–H and O–H groups in total. The third-order valence-corrected chi connectivity index (χ3v) is 4.87. The molecule has 7 heteroatoms. The summed E-state index contributed by atoms with van der Waals surface area (Å²) in [6, 6.07) is 11.8. The second-order valence-corrected chi connectivity index (χ2v) is 6.82. The Bertz CT molecular complexity index is 1050. The Morgan fingerprint density at radius 2 is 2.12 bits per heavy atom. The lowest BCUT2D eigenvalue weighted by Gasteiger charge is -2.03. The number of carbonyl (C=O) groups is 1. The van der Waals surface area contributed by atoms with Crippen LogP contribution in [0, 0.1) is 6.92 Å². The van der Waals surface area contributed by atoms with Gasteiger partial charge in [-0.25, -0.2) is 4.98 Å². The van der Waals surface area contributed by atoms with Gasteiger partial charge in [-0.1, -0.05) is 24.3 Å². The van der Waals surface area contributed by atoms with Crippen LogP contribution in [0.2, 0.25) is 0 Å².